The number of carbonyl (C=O) groups excluding carboxylic acids is 1. The lowest BCUT2D eigenvalue weighted by Gasteiger charge is -2.25. The molecule has 2 aliphatic rings. The third-order valence-electron chi connectivity index (χ3n) is 3.48. The fourth-order valence-corrected chi connectivity index (χ4v) is 2.62. The number of fused-ring (bicyclic) bond motifs is 1. The highest BCUT2D eigenvalue weighted by molar-refractivity contribution is 5.98. The van der Waals surface area contributed by atoms with E-state index in [1.54, 1.807) is 0 Å². The molecular weight excluding hydrogens is 218 g/mol. The van der Waals surface area contributed by atoms with Gasteiger partial charge in [-0.05, 0) is 18.9 Å². The summed E-state index contributed by atoms with van der Waals surface area (Å²) in [5, 5.41) is 0. The van der Waals surface area contributed by atoms with Crippen LogP contribution in [-0.4, -0.2) is 36.3 Å². The average Bonchev–Trinajstić information content (AvgIpc) is 2.76. The van der Waals surface area contributed by atoms with Gasteiger partial charge in [-0.25, -0.2) is 0 Å². The summed E-state index contributed by atoms with van der Waals surface area (Å²) in [6.45, 7) is 2.81. The summed E-state index contributed by atoms with van der Waals surface area (Å²) in [7, 11) is 0. The Labute approximate surface area is 101 Å². The number of Topliss-reactive ketones (excluding diaryl/α,β-unsaturated/α-hetero) is 1. The molecule has 0 bridgehead atoms. The Hall–Kier alpha value is -1.13. The Morgan fingerprint density at radius 3 is 3.12 bits per heavy atom. The summed E-state index contributed by atoms with van der Waals surface area (Å²) in [6, 6.07) is 1.94. The maximum Gasteiger partial charge on any atom is 0.164 e. The molecule has 0 N–H and O–H groups in total. The fourth-order valence-electron chi connectivity index (χ4n) is 2.62. The first kappa shape index (κ1) is 11.0. The predicted octanol–water partition coefficient (Wildman–Crippen LogP) is 1.42. The summed E-state index contributed by atoms with van der Waals surface area (Å²) in [5.41, 5.74) is 2.09. The highest BCUT2D eigenvalue weighted by Crippen LogP contribution is 2.23. The van der Waals surface area contributed by atoms with Crippen LogP contribution in [0.4, 0.5) is 0 Å². The van der Waals surface area contributed by atoms with Crippen molar-refractivity contribution in [2.75, 3.05) is 19.8 Å². The van der Waals surface area contributed by atoms with E-state index in [-0.39, 0.29) is 11.9 Å². The molecule has 0 radical (unpaired) electrons. The molecule has 1 fully saturated rings. The Balaban J connectivity index is 1.77. The van der Waals surface area contributed by atoms with Gasteiger partial charge < -0.3 is 14.0 Å². The Bertz CT molecular complexity index is 418. The first-order valence-electron chi connectivity index (χ1n) is 6.25. The monoisotopic (exact) mass is 235 g/mol. The molecule has 0 spiro atoms. The van der Waals surface area contributed by atoms with Crippen LogP contribution in [0.2, 0.25) is 0 Å². The quantitative estimate of drug-likeness (QED) is 0.778. The van der Waals surface area contributed by atoms with Gasteiger partial charge in [0.15, 0.2) is 5.78 Å². The van der Waals surface area contributed by atoms with Gasteiger partial charge >= 0.3 is 0 Å². The number of hydrogen-bond donors (Lipinski definition) is 0. The summed E-state index contributed by atoms with van der Waals surface area (Å²) < 4.78 is 13.2. The minimum absolute atomic E-state index is 0.122. The molecule has 1 aromatic rings. The van der Waals surface area contributed by atoms with Crippen molar-refractivity contribution in [3.8, 4) is 0 Å². The van der Waals surface area contributed by atoms with Gasteiger partial charge in [0.25, 0.3) is 0 Å². The van der Waals surface area contributed by atoms with E-state index in [0.29, 0.717) is 26.2 Å². The zero-order valence-corrected chi connectivity index (χ0v) is 9.85. The normalized spacial score (nSPS) is 24.7. The van der Waals surface area contributed by atoms with Crippen LogP contribution in [0.1, 0.15) is 28.9 Å². The van der Waals surface area contributed by atoms with Gasteiger partial charge in [0.05, 0.1) is 32.5 Å². The third-order valence-corrected chi connectivity index (χ3v) is 3.48. The number of ether oxygens (including phenoxy) is 2. The van der Waals surface area contributed by atoms with Crippen molar-refractivity contribution >= 4 is 5.78 Å². The number of rotatable bonds is 2. The molecule has 0 amide bonds. The number of carbonyl (C=O) groups is 1. The van der Waals surface area contributed by atoms with E-state index in [1.165, 1.54) is 5.69 Å². The van der Waals surface area contributed by atoms with E-state index in [9.17, 15) is 4.79 Å². The van der Waals surface area contributed by atoms with Crippen molar-refractivity contribution in [2.45, 2.75) is 31.9 Å². The second-order valence-corrected chi connectivity index (χ2v) is 4.67. The van der Waals surface area contributed by atoms with Crippen molar-refractivity contribution < 1.29 is 14.3 Å². The van der Waals surface area contributed by atoms with Gasteiger partial charge in [0.1, 0.15) is 0 Å². The summed E-state index contributed by atoms with van der Waals surface area (Å²) >= 11 is 0. The number of ketones is 1. The zero-order valence-electron chi connectivity index (χ0n) is 9.85. The van der Waals surface area contributed by atoms with E-state index in [2.05, 4.69) is 4.57 Å². The van der Waals surface area contributed by atoms with Gasteiger partial charge in [0, 0.05) is 23.9 Å². The van der Waals surface area contributed by atoms with Crippen molar-refractivity contribution in [3.05, 3.63) is 23.5 Å². The summed E-state index contributed by atoms with van der Waals surface area (Å²) in [6.07, 6.45) is 4.79. The fraction of sp³-hybridized carbons (Fsp3) is 0.615. The summed E-state index contributed by atoms with van der Waals surface area (Å²) in [4.78, 5) is 11.7. The van der Waals surface area contributed by atoms with Gasteiger partial charge in [-0.15, -0.1) is 0 Å². The molecule has 1 saturated heterocycles. The number of aromatic nitrogens is 1. The Morgan fingerprint density at radius 1 is 1.35 bits per heavy atom. The topological polar surface area (TPSA) is 40.5 Å². The number of hydrogen-bond acceptors (Lipinski definition) is 3. The Morgan fingerprint density at radius 2 is 2.29 bits per heavy atom. The molecule has 0 saturated carbocycles. The smallest absolute Gasteiger partial charge is 0.164 e. The second kappa shape index (κ2) is 4.63. The molecule has 1 atom stereocenters. The van der Waals surface area contributed by atoms with Gasteiger partial charge in [-0.1, -0.05) is 0 Å². The molecule has 0 aromatic carbocycles. The molecule has 17 heavy (non-hydrogen) atoms. The highest BCUT2D eigenvalue weighted by Gasteiger charge is 2.22. The van der Waals surface area contributed by atoms with Crippen LogP contribution in [-0.2, 0) is 22.4 Å². The van der Waals surface area contributed by atoms with Crippen molar-refractivity contribution in [2.24, 2.45) is 0 Å². The maximum absolute atomic E-state index is 11.7. The Kier molecular flexibility index (Phi) is 2.99. The third kappa shape index (κ3) is 2.15. The van der Waals surface area contributed by atoms with E-state index in [4.69, 9.17) is 9.47 Å². The van der Waals surface area contributed by atoms with E-state index in [0.717, 1.165) is 24.9 Å². The van der Waals surface area contributed by atoms with Gasteiger partial charge in [0.2, 0.25) is 0 Å². The van der Waals surface area contributed by atoms with Crippen LogP contribution < -0.4 is 0 Å². The van der Waals surface area contributed by atoms with Crippen molar-refractivity contribution in [3.63, 3.8) is 0 Å². The average molecular weight is 235 g/mol. The first-order chi connectivity index (χ1) is 8.34. The molecule has 4 nitrogen and oxygen atoms in total. The zero-order chi connectivity index (χ0) is 11.7. The van der Waals surface area contributed by atoms with Crippen molar-refractivity contribution in [1.82, 2.24) is 4.57 Å². The lowest BCUT2D eigenvalue weighted by molar-refractivity contribution is -0.0937. The molecule has 3 rings (SSSR count). The lowest BCUT2D eigenvalue weighted by atomic mass is 9.97. The first-order valence-corrected chi connectivity index (χ1v) is 6.25. The summed E-state index contributed by atoms with van der Waals surface area (Å²) in [5.74, 6) is 0.283. The highest BCUT2D eigenvalue weighted by atomic mass is 16.6. The van der Waals surface area contributed by atoms with Crippen LogP contribution in [0.3, 0.4) is 0 Å². The minimum atomic E-state index is 0.122. The lowest BCUT2D eigenvalue weighted by Crippen LogP contribution is -2.32. The van der Waals surface area contributed by atoms with Crippen molar-refractivity contribution in [1.29, 1.82) is 0 Å². The van der Waals surface area contributed by atoms with Crippen LogP contribution in [0.5, 0.6) is 0 Å². The molecule has 1 unspecified atom stereocenters. The molecule has 4 heteroatoms. The predicted molar refractivity (Wildman–Crippen MR) is 62.3 cm³/mol. The largest absolute Gasteiger partial charge is 0.376 e. The van der Waals surface area contributed by atoms with Crippen LogP contribution in [0.25, 0.3) is 0 Å². The van der Waals surface area contributed by atoms with Gasteiger partial charge in [-0.2, -0.15) is 0 Å². The minimum Gasteiger partial charge on any atom is -0.376 e. The number of nitrogens with zero attached hydrogens (tertiary/aromatic N) is 1. The molecule has 1 aromatic heterocycles. The van der Waals surface area contributed by atoms with E-state index < -0.39 is 0 Å². The maximum atomic E-state index is 11.7. The molecular formula is C13H17NO3. The van der Waals surface area contributed by atoms with Crippen LogP contribution in [0, 0.1) is 0 Å². The SMILES string of the molecule is O=C1CCCc2c1ccn2CC1COCCO1. The van der Waals surface area contributed by atoms with E-state index in [1.807, 2.05) is 12.3 Å². The molecule has 92 valence electrons. The molecule has 1 aliphatic heterocycles. The molecule has 2 heterocycles. The van der Waals surface area contributed by atoms with Crippen LogP contribution in [0.15, 0.2) is 12.3 Å². The molecule has 1 aliphatic carbocycles. The van der Waals surface area contributed by atoms with Crippen LogP contribution >= 0.6 is 0 Å². The second-order valence-electron chi connectivity index (χ2n) is 4.67. The van der Waals surface area contributed by atoms with E-state index >= 15 is 0 Å². The van der Waals surface area contributed by atoms with Gasteiger partial charge in [-0.3, -0.25) is 4.79 Å². The standard InChI is InChI=1S/C13H17NO3/c15-13-3-1-2-12-11(13)4-5-14(12)8-10-9-16-6-7-17-10/h4-5,10H,1-3,6-9H2.